The normalized spacial score (nSPS) is 10.5. The van der Waals surface area contributed by atoms with Gasteiger partial charge in [-0.1, -0.05) is 0 Å². The van der Waals surface area contributed by atoms with Gasteiger partial charge in [-0.15, -0.1) is 0 Å². The van der Waals surface area contributed by atoms with Crippen molar-refractivity contribution < 1.29 is 13.9 Å². The lowest BCUT2D eigenvalue weighted by atomic mass is 10.1. The summed E-state index contributed by atoms with van der Waals surface area (Å²) in [7, 11) is 1.60. The molecule has 0 fully saturated rings. The van der Waals surface area contributed by atoms with E-state index in [2.05, 4.69) is 10.4 Å². The van der Waals surface area contributed by atoms with Gasteiger partial charge in [-0.05, 0) is 18.2 Å². The Hall–Kier alpha value is -2.41. The summed E-state index contributed by atoms with van der Waals surface area (Å²) in [5.74, 6) is -0.889. The van der Waals surface area contributed by atoms with Gasteiger partial charge >= 0.3 is 0 Å². The van der Waals surface area contributed by atoms with Gasteiger partial charge in [0.05, 0.1) is 30.6 Å². The first-order valence-corrected chi connectivity index (χ1v) is 5.98. The topological polar surface area (TPSA) is 82.2 Å². The molecule has 0 aliphatic carbocycles. The van der Waals surface area contributed by atoms with Crippen molar-refractivity contribution in [3.8, 4) is 0 Å². The van der Waals surface area contributed by atoms with Crippen LogP contribution < -0.4 is 11.1 Å². The number of carbonyl (C=O) groups excluding carboxylic acids is 1. The molecule has 20 heavy (non-hydrogen) atoms. The van der Waals surface area contributed by atoms with Gasteiger partial charge in [-0.2, -0.15) is 5.10 Å². The monoisotopic (exact) mass is 278 g/mol. The predicted octanol–water partition coefficient (Wildman–Crippen LogP) is 1.50. The van der Waals surface area contributed by atoms with Crippen LogP contribution in [0.1, 0.15) is 10.4 Å². The number of nitrogens with one attached hydrogen (secondary N) is 1. The Morgan fingerprint density at radius 3 is 3.05 bits per heavy atom. The van der Waals surface area contributed by atoms with Crippen molar-refractivity contribution in [2.45, 2.75) is 6.54 Å². The fourth-order valence-electron chi connectivity index (χ4n) is 1.67. The number of rotatable bonds is 5. The van der Waals surface area contributed by atoms with E-state index >= 15 is 0 Å². The van der Waals surface area contributed by atoms with Crippen molar-refractivity contribution in [2.24, 2.45) is 0 Å². The molecule has 0 spiro atoms. The second-order valence-corrected chi connectivity index (χ2v) is 4.17. The Labute approximate surface area is 115 Å². The van der Waals surface area contributed by atoms with Crippen LogP contribution >= 0.6 is 0 Å². The van der Waals surface area contributed by atoms with Gasteiger partial charge in [0.2, 0.25) is 0 Å². The molecule has 0 bridgehead atoms. The molecule has 1 aromatic heterocycles. The Morgan fingerprint density at radius 1 is 1.55 bits per heavy atom. The predicted molar refractivity (Wildman–Crippen MR) is 72.9 cm³/mol. The smallest absolute Gasteiger partial charge is 0.257 e. The molecule has 1 amide bonds. The molecule has 0 aliphatic heterocycles. The molecule has 0 saturated carbocycles. The number of ether oxygens (including phenoxy) is 1. The van der Waals surface area contributed by atoms with Crippen molar-refractivity contribution in [1.29, 1.82) is 0 Å². The number of nitrogens with two attached hydrogens (primary N) is 1. The molecule has 7 heteroatoms. The number of hydrogen-bond donors (Lipinski definition) is 2. The maximum atomic E-state index is 12.9. The van der Waals surface area contributed by atoms with Crippen LogP contribution in [0.25, 0.3) is 0 Å². The van der Waals surface area contributed by atoms with E-state index in [0.29, 0.717) is 18.8 Å². The van der Waals surface area contributed by atoms with Gasteiger partial charge in [0.1, 0.15) is 5.82 Å². The Balaban J connectivity index is 2.05. The number of carbonyl (C=O) groups is 1. The molecule has 106 valence electrons. The number of amides is 1. The van der Waals surface area contributed by atoms with Crippen LogP contribution in [0.2, 0.25) is 0 Å². The van der Waals surface area contributed by atoms with Gasteiger partial charge in [0.25, 0.3) is 5.91 Å². The van der Waals surface area contributed by atoms with E-state index < -0.39 is 11.7 Å². The number of methoxy groups -OCH3 is 1. The summed E-state index contributed by atoms with van der Waals surface area (Å²) in [6.45, 7) is 1.12. The molecule has 3 N–H and O–H groups in total. The SMILES string of the molecule is COCCn1cc(NC(=O)c2ccc(F)cc2N)cn1. The fraction of sp³-hybridized carbons (Fsp3) is 0.231. The average molecular weight is 278 g/mol. The summed E-state index contributed by atoms with van der Waals surface area (Å²) >= 11 is 0. The van der Waals surface area contributed by atoms with Crippen LogP contribution in [0.4, 0.5) is 15.8 Å². The van der Waals surface area contributed by atoms with Crippen molar-refractivity contribution in [3.05, 3.63) is 42.0 Å². The van der Waals surface area contributed by atoms with Gasteiger partial charge in [0.15, 0.2) is 0 Å². The van der Waals surface area contributed by atoms with Crippen LogP contribution in [0.3, 0.4) is 0 Å². The van der Waals surface area contributed by atoms with Crippen molar-refractivity contribution >= 4 is 17.3 Å². The number of nitrogens with zero attached hydrogens (tertiary/aromatic N) is 2. The third-order valence-corrected chi connectivity index (χ3v) is 2.67. The highest BCUT2D eigenvalue weighted by molar-refractivity contribution is 6.07. The van der Waals surface area contributed by atoms with E-state index in [4.69, 9.17) is 10.5 Å². The van der Waals surface area contributed by atoms with Gasteiger partial charge in [0, 0.05) is 19.0 Å². The summed E-state index contributed by atoms with van der Waals surface area (Å²) in [6, 6.07) is 3.64. The van der Waals surface area contributed by atoms with Crippen LogP contribution in [-0.2, 0) is 11.3 Å². The van der Waals surface area contributed by atoms with E-state index in [1.807, 2.05) is 0 Å². The highest BCUT2D eigenvalue weighted by atomic mass is 19.1. The van der Waals surface area contributed by atoms with Gasteiger partial charge in [-0.25, -0.2) is 4.39 Å². The number of nitrogen functional groups attached to an aromatic ring is 1. The largest absolute Gasteiger partial charge is 0.398 e. The van der Waals surface area contributed by atoms with Crippen molar-refractivity contribution in [3.63, 3.8) is 0 Å². The zero-order chi connectivity index (χ0) is 14.5. The maximum Gasteiger partial charge on any atom is 0.257 e. The Morgan fingerprint density at radius 2 is 2.35 bits per heavy atom. The number of hydrogen-bond acceptors (Lipinski definition) is 4. The van der Waals surface area contributed by atoms with Crippen LogP contribution in [0.5, 0.6) is 0 Å². The Bertz CT molecular complexity index is 612. The molecule has 2 rings (SSSR count). The zero-order valence-electron chi connectivity index (χ0n) is 11.0. The van der Waals surface area contributed by atoms with Gasteiger partial charge in [-0.3, -0.25) is 9.48 Å². The number of halogens is 1. The van der Waals surface area contributed by atoms with Crippen molar-refractivity contribution in [2.75, 3.05) is 24.8 Å². The minimum atomic E-state index is -0.480. The molecule has 0 radical (unpaired) electrons. The summed E-state index contributed by atoms with van der Waals surface area (Å²) in [4.78, 5) is 12.0. The lowest BCUT2D eigenvalue weighted by molar-refractivity contribution is 0.102. The minimum absolute atomic E-state index is 0.0919. The molecular weight excluding hydrogens is 263 g/mol. The molecule has 0 unspecified atom stereocenters. The summed E-state index contributed by atoms with van der Waals surface area (Å²) in [5, 5.41) is 6.72. The first-order chi connectivity index (χ1) is 9.60. The zero-order valence-corrected chi connectivity index (χ0v) is 11.0. The van der Waals surface area contributed by atoms with Crippen molar-refractivity contribution in [1.82, 2.24) is 9.78 Å². The molecular formula is C13H15FN4O2. The van der Waals surface area contributed by atoms with E-state index in [9.17, 15) is 9.18 Å². The maximum absolute atomic E-state index is 12.9. The second-order valence-electron chi connectivity index (χ2n) is 4.17. The Kier molecular flexibility index (Phi) is 4.31. The van der Waals surface area contributed by atoms with Gasteiger partial charge < -0.3 is 15.8 Å². The van der Waals surface area contributed by atoms with E-state index in [1.54, 1.807) is 18.0 Å². The highest BCUT2D eigenvalue weighted by Gasteiger charge is 2.11. The summed E-state index contributed by atoms with van der Waals surface area (Å²) in [6.07, 6.45) is 3.20. The van der Waals surface area contributed by atoms with E-state index in [0.717, 1.165) is 6.07 Å². The standard InChI is InChI=1S/C13H15FN4O2/c1-20-5-4-18-8-10(7-16-18)17-13(19)11-3-2-9(14)6-12(11)15/h2-3,6-8H,4-5,15H2,1H3,(H,17,19). The molecule has 1 heterocycles. The number of benzene rings is 1. The lowest BCUT2D eigenvalue weighted by Gasteiger charge is -2.05. The first kappa shape index (κ1) is 14.0. The molecule has 0 atom stereocenters. The lowest BCUT2D eigenvalue weighted by Crippen LogP contribution is -2.14. The first-order valence-electron chi connectivity index (χ1n) is 5.98. The second kappa shape index (κ2) is 6.16. The molecule has 6 nitrogen and oxygen atoms in total. The summed E-state index contributed by atoms with van der Waals surface area (Å²) in [5.41, 5.74) is 6.46. The van der Waals surface area contributed by atoms with E-state index in [-0.39, 0.29) is 11.3 Å². The molecule has 1 aromatic carbocycles. The highest BCUT2D eigenvalue weighted by Crippen LogP contribution is 2.15. The third-order valence-electron chi connectivity index (χ3n) is 2.67. The molecule has 0 saturated heterocycles. The number of aromatic nitrogens is 2. The quantitative estimate of drug-likeness (QED) is 0.812. The summed E-state index contributed by atoms with van der Waals surface area (Å²) < 4.78 is 19.5. The average Bonchev–Trinajstić information content (AvgIpc) is 2.83. The van der Waals surface area contributed by atoms with E-state index in [1.165, 1.54) is 18.3 Å². The molecule has 2 aromatic rings. The van der Waals surface area contributed by atoms with Crippen LogP contribution in [0.15, 0.2) is 30.6 Å². The van der Waals surface area contributed by atoms with Crippen LogP contribution in [0, 0.1) is 5.82 Å². The fourth-order valence-corrected chi connectivity index (χ4v) is 1.67. The van der Waals surface area contributed by atoms with Crippen LogP contribution in [-0.4, -0.2) is 29.4 Å². The number of anilines is 2. The minimum Gasteiger partial charge on any atom is -0.398 e. The third kappa shape index (κ3) is 3.33. The molecule has 0 aliphatic rings.